The third-order valence-electron chi connectivity index (χ3n) is 3.34. The van der Waals surface area contributed by atoms with Crippen LogP contribution in [0, 0.1) is 5.92 Å². The van der Waals surface area contributed by atoms with Crippen LogP contribution in [0.4, 0.5) is 18.9 Å². The molecule has 2 atom stereocenters. The van der Waals surface area contributed by atoms with Crippen LogP contribution in [0.5, 0.6) is 0 Å². The Balaban J connectivity index is 2.59. The summed E-state index contributed by atoms with van der Waals surface area (Å²) in [6.07, 6.45) is 3.22. The number of rotatable bonds is 7. The molecule has 0 aliphatic heterocycles. The molecule has 1 nitrogen and oxygen atoms in total. The lowest BCUT2D eigenvalue weighted by molar-refractivity contribution is -0.0328. The summed E-state index contributed by atoms with van der Waals surface area (Å²) in [5.41, 5.74) is -3.34. The van der Waals surface area contributed by atoms with Gasteiger partial charge in [-0.1, -0.05) is 27.2 Å². The summed E-state index contributed by atoms with van der Waals surface area (Å²) in [7, 11) is 0. The quantitative estimate of drug-likeness (QED) is 0.627. The van der Waals surface area contributed by atoms with Gasteiger partial charge in [0.2, 0.25) is 0 Å². The van der Waals surface area contributed by atoms with Crippen molar-refractivity contribution >= 4 is 17.4 Å². The van der Waals surface area contributed by atoms with Gasteiger partial charge in [-0.15, -0.1) is 0 Å². The van der Waals surface area contributed by atoms with E-state index in [4.69, 9.17) is 0 Å². The minimum atomic E-state index is -4.22. The number of thioether (sulfide) groups is 1. The molecule has 114 valence electrons. The highest BCUT2D eigenvalue weighted by Crippen LogP contribution is 2.37. The van der Waals surface area contributed by atoms with Gasteiger partial charge in [0.15, 0.2) is 0 Å². The summed E-state index contributed by atoms with van der Waals surface area (Å²) in [4.78, 5) is 0.220. The summed E-state index contributed by atoms with van der Waals surface area (Å²) in [5, 5.41) is 3.39. The number of benzene rings is 1. The van der Waals surface area contributed by atoms with Gasteiger partial charge in [0.05, 0.1) is 0 Å². The highest BCUT2D eigenvalue weighted by molar-refractivity contribution is 8.00. The Morgan fingerprint density at radius 2 is 1.70 bits per heavy atom. The number of hydrogen-bond acceptors (Lipinski definition) is 2. The smallest absolute Gasteiger partial charge is 0.382 e. The van der Waals surface area contributed by atoms with Gasteiger partial charge in [0, 0.05) is 16.6 Å². The Kier molecular flexibility index (Phi) is 6.72. The maximum Gasteiger partial charge on any atom is 0.446 e. The largest absolute Gasteiger partial charge is 0.446 e. The Hall–Kier alpha value is -0.840. The maximum atomic E-state index is 12.2. The zero-order valence-corrected chi connectivity index (χ0v) is 12.9. The monoisotopic (exact) mass is 305 g/mol. The van der Waals surface area contributed by atoms with Crippen molar-refractivity contribution in [1.82, 2.24) is 0 Å². The predicted molar refractivity (Wildman–Crippen MR) is 80.1 cm³/mol. The lowest BCUT2D eigenvalue weighted by Crippen LogP contribution is -2.21. The first-order valence-corrected chi connectivity index (χ1v) is 7.78. The summed E-state index contributed by atoms with van der Waals surface area (Å²) in [6, 6.07) is 6.82. The Morgan fingerprint density at radius 3 is 2.15 bits per heavy atom. The number of anilines is 1. The molecule has 0 heterocycles. The van der Waals surface area contributed by atoms with Gasteiger partial charge < -0.3 is 5.32 Å². The lowest BCUT2D eigenvalue weighted by Gasteiger charge is -2.21. The van der Waals surface area contributed by atoms with E-state index in [2.05, 4.69) is 26.1 Å². The zero-order chi connectivity index (χ0) is 15.2. The Bertz CT molecular complexity index is 389. The van der Waals surface area contributed by atoms with Gasteiger partial charge >= 0.3 is 5.51 Å². The van der Waals surface area contributed by atoms with Crippen molar-refractivity contribution in [3.63, 3.8) is 0 Å². The van der Waals surface area contributed by atoms with Gasteiger partial charge in [-0.3, -0.25) is 0 Å². The Morgan fingerprint density at radius 1 is 1.10 bits per heavy atom. The summed E-state index contributed by atoms with van der Waals surface area (Å²) in [5.74, 6) is 0.646. The summed E-state index contributed by atoms with van der Waals surface area (Å²) < 4.78 is 36.7. The molecule has 1 aromatic carbocycles. The van der Waals surface area contributed by atoms with E-state index in [1.807, 2.05) is 0 Å². The van der Waals surface area contributed by atoms with E-state index in [-0.39, 0.29) is 16.7 Å². The molecular formula is C15H22F3NS. The average Bonchev–Trinajstić information content (AvgIpc) is 2.38. The van der Waals surface area contributed by atoms with Crippen molar-refractivity contribution in [2.45, 2.75) is 56.5 Å². The molecule has 0 aliphatic carbocycles. The SMILES string of the molecule is CCC(C)CC(CC)Nc1ccc(SC(F)(F)F)cc1. The highest BCUT2D eigenvalue weighted by Gasteiger charge is 2.29. The van der Waals surface area contributed by atoms with Crippen LogP contribution in [-0.2, 0) is 0 Å². The molecule has 0 radical (unpaired) electrons. The van der Waals surface area contributed by atoms with Gasteiger partial charge in [-0.05, 0) is 54.8 Å². The minimum absolute atomic E-state index is 0.0794. The van der Waals surface area contributed by atoms with E-state index in [9.17, 15) is 13.2 Å². The molecule has 0 saturated carbocycles. The molecule has 0 aliphatic rings. The third-order valence-corrected chi connectivity index (χ3v) is 4.07. The summed E-state index contributed by atoms with van der Waals surface area (Å²) >= 11 is -0.0794. The highest BCUT2D eigenvalue weighted by atomic mass is 32.2. The second kappa shape index (κ2) is 7.81. The topological polar surface area (TPSA) is 12.0 Å². The molecule has 1 aromatic rings. The van der Waals surface area contributed by atoms with E-state index >= 15 is 0 Å². The van der Waals surface area contributed by atoms with E-state index < -0.39 is 5.51 Å². The van der Waals surface area contributed by atoms with Crippen LogP contribution >= 0.6 is 11.8 Å². The molecule has 0 spiro atoms. The van der Waals surface area contributed by atoms with Crippen LogP contribution < -0.4 is 5.32 Å². The predicted octanol–water partition coefficient (Wildman–Crippen LogP) is 5.93. The van der Waals surface area contributed by atoms with Crippen LogP contribution in [0.2, 0.25) is 0 Å². The summed E-state index contributed by atoms with van der Waals surface area (Å²) in [6.45, 7) is 6.50. The first-order valence-electron chi connectivity index (χ1n) is 6.96. The van der Waals surface area contributed by atoms with Crippen LogP contribution in [0.1, 0.15) is 40.0 Å². The molecule has 0 aromatic heterocycles. The minimum Gasteiger partial charge on any atom is -0.382 e. The molecule has 0 amide bonds. The molecular weight excluding hydrogens is 283 g/mol. The van der Waals surface area contributed by atoms with Crippen molar-refractivity contribution in [2.24, 2.45) is 5.92 Å². The van der Waals surface area contributed by atoms with Gasteiger partial charge in [0.1, 0.15) is 0 Å². The molecule has 0 saturated heterocycles. The molecule has 20 heavy (non-hydrogen) atoms. The molecule has 2 unspecified atom stereocenters. The van der Waals surface area contributed by atoms with Crippen molar-refractivity contribution < 1.29 is 13.2 Å². The van der Waals surface area contributed by atoms with Crippen molar-refractivity contribution in [1.29, 1.82) is 0 Å². The fourth-order valence-corrected chi connectivity index (χ4v) is 2.51. The normalized spacial score (nSPS) is 14.9. The average molecular weight is 305 g/mol. The molecule has 0 bridgehead atoms. The third kappa shape index (κ3) is 6.55. The number of halogens is 3. The molecule has 5 heteroatoms. The zero-order valence-electron chi connectivity index (χ0n) is 12.1. The van der Waals surface area contributed by atoms with E-state index in [1.165, 1.54) is 12.1 Å². The Labute approximate surface area is 123 Å². The van der Waals surface area contributed by atoms with E-state index in [1.54, 1.807) is 12.1 Å². The van der Waals surface area contributed by atoms with Gasteiger partial charge in [-0.25, -0.2) is 0 Å². The number of hydrogen-bond donors (Lipinski definition) is 1. The van der Waals surface area contributed by atoms with Crippen molar-refractivity contribution in [3.8, 4) is 0 Å². The second-order valence-corrected chi connectivity index (χ2v) is 6.21. The molecule has 1 rings (SSSR count). The standard InChI is InChI=1S/C15H22F3NS/c1-4-11(3)10-12(5-2)19-13-6-8-14(9-7-13)20-15(16,17)18/h6-9,11-12,19H,4-5,10H2,1-3H3. The second-order valence-electron chi connectivity index (χ2n) is 5.07. The maximum absolute atomic E-state index is 12.2. The van der Waals surface area contributed by atoms with Crippen LogP contribution in [-0.4, -0.2) is 11.6 Å². The van der Waals surface area contributed by atoms with E-state index in [0.29, 0.717) is 12.0 Å². The van der Waals surface area contributed by atoms with Crippen LogP contribution in [0.15, 0.2) is 29.2 Å². The van der Waals surface area contributed by atoms with Crippen molar-refractivity contribution in [2.75, 3.05) is 5.32 Å². The number of alkyl halides is 3. The van der Waals surface area contributed by atoms with Crippen molar-refractivity contribution in [3.05, 3.63) is 24.3 Å². The van der Waals surface area contributed by atoms with Gasteiger partial charge in [-0.2, -0.15) is 13.2 Å². The molecule has 0 fully saturated rings. The number of nitrogens with one attached hydrogen (secondary N) is 1. The first-order chi connectivity index (χ1) is 9.34. The van der Waals surface area contributed by atoms with E-state index in [0.717, 1.165) is 24.9 Å². The van der Waals surface area contributed by atoms with Crippen LogP contribution in [0.3, 0.4) is 0 Å². The molecule has 1 N–H and O–H groups in total. The first kappa shape index (κ1) is 17.2. The fourth-order valence-electron chi connectivity index (χ4n) is 1.97. The van der Waals surface area contributed by atoms with Gasteiger partial charge in [0.25, 0.3) is 0 Å². The fraction of sp³-hybridized carbons (Fsp3) is 0.600. The van der Waals surface area contributed by atoms with Crippen LogP contribution in [0.25, 0.3) is 0 Å². The lowest BCUT2D eigenvalue weighted by atomic mass is 9.97.